The maximum absolute atomic E-state index is 8.00. The summed E-state index contributed by atoms with van der Waals surface area (Å²) in [6, 6.07) is 0. The molecule has 0 aliphatic carbocycles. The van der Waals surface area contributed by atoms with Crippen LogP contribution in [0.1, 0.15) is 5.71 Å². The second kappa shape index (κ2) is 17.4. The van der Waals surface area contributed by atoms with Gasteiger partial charge in [0.25, 0.3) is 0 Å². The summed E-state index contributed by atoms with van der Waals surface area (Å²) in [5.41, 5.74) is 0. The molecule has 0 aliphatic heterocycles. The second-order valence-corrected chi connectivity index (χ2v) is 0. The summed E-state index contributed by atoms with van der Waals surface area (Å²) >= 11 is 0. The Kier molecular flexibility index (Phi) is 69.6. The monoisotopic (exact) mass is 210 g/mol. The van der Waals surface area contributed by atoms with Crippen LogP contribution in [-0.4, -0.2) is 97.8 Å². The van der Waals surface area contributed by atoms with Crippen LogP contribution >= 0.6 is 0 Å². The molecular formula is CH6OSr2. The van der Waals surface area contributed by atoms with E-state index in [0.29, 0.717) is 0 Å². The van der Waals surface area contributed by atoms with Crippen LogP contribution in [0.5, 0.6) is 0 Å². The maximum Gasteiger partial charge on any atom is 2.00 e. The molecular weight excluding hydrogens is 203 g/mol. The van der Waals surface area contributed by atoms with Gasteiger partial charge in [0.2, 0.25) is 0 Å². The molecule has 0 radical (unpaired) electrons. The van der Waals surface area contributed by atoms with Gasteiger partial charge in [-0.15, -0.1) is 0 Å². The van der Waals surface area contributed by atoms with Crippen LogP contribution in [-0.2, 0) is 4.79 Å². The predicted octanol–water partition coefficient (Wildman–Crippen LogP) is -0.497. The van der Waals surface area contributed by atoms with E-state index in [0.717, 1.165) is 0 Å². The molecule has 0 unspecified atom stereocenters. The molecule has 0 aromatic rings. The summed E-state index contributed by atoms with van der Waals surface area (Å²) in [5.74, 6) is 0. The third kappa shape index (κ3) is 8.82. The summed E-state index contributed by atoms with van der Waals surface area (Å²) in [7, 11) is 0. The molecule has 0 heterocycles. The van der Waals surface area contributed by atoms with Gasteiger partial charge in [-0.3, -0.25) is 0 Å². The van der Waals surface area contributed by atoms with Crippen LogP contribution in [0.25, 0.3) is 0 Å². The average molecular weight is 209 g/mol. The maximum atomic E-state index is 8.00. The molecule has 0 atom stereocenters. The van der Waals surface area contributed by atoms with E-state index in [4.69, 9.17) is 4.79 Å². The number of carbonyl (C=O) groups is 1. The van der Waals surface area contributed by atoms with Crippen molar-refractivity contribution < 1.29 is 10.5 Å². The summed E-state index contributed by atoms with van der Waals surface area (Å²) in [5, 5.41) is 0. The summed E-state index contributed by atoms with van der Waals surface area (Å²) in [6.45, 7) is 2.00. The van der Waals surface area contributed by atoms with Crippen LogP contribution in [0.4, 0.5) is 0 Å². The Hall–Kier alpha value is 2.63. The predicted molar refractivity (Wildman–Crippen MR) is 23.1 cm³/mol. The second-order valence-electron chi connectivity index (χ2n) is 0. The van der Waals surface area contributed by atoms with Gasteiger partial charge in [-0.2, -0.15) is 0 Å². The number of rotatable bonds is 0. The first kappa shape index (κ1) is 15.9. The largest absolute Gasteiger partial charge is 2.00 e. The van der Waals surface area contributed by atoms with Gasteiger partial charge in [-0.1, -0.05) is 0 Å². The van der Waals surface area contributed by atoms with Crippen LogP contribution in [0, 0.1) is 0 Å². The Balaban J connectivity index is -0.000000000333. The molecule has 3 heteroatoms. The molecule has 0 saturated heterocycles. The van der Waals surface area contributed by atoms with E-state index in [1.54, 1.807) is 0 Å². The van der Waals surface area contributed by atoms with E-state index in [1.807, 2.05) is 6.79 Å². The zero-order chi connectivity index (χ0) is 2.00. The van der Waals surface area contributed by atoms with E-state index >= 15 is 0 Å². The van der Waals surface area contributed by atoms with Crippen LogP contribution in [0.3, 0.4) is 0 Å². The van der Waals surface area contributed by atoms with Crippen molar-refractivity contribution in [3.63, 3.8) is 0 Å². The summed E-state index contributed by atoms with van der Waals surface area (Å²) < 4.78 is 0. The molecule has 0 rings (SSSR count). The van der Waals surface area contributed by atoms with Crippen molar-refractivity contribution >= 4 is 97.8 Å². The molecule has 0 fully saturated rings. The smallest absolute Gasteiger partial charge is 1.00 e. The van der Waals surface area contributed by atoms with Gasteiger partial charge in [0, 0.05) is 0 Å². The fourth-order valence-electron chi connectivity index (χ4n) is 0. The molecule has 0 amide bonds. The fourth-order valence-corrected chi connectivity index (χ4v) is 0. The van der Waals surface area contributed by atoms with Crippen molar-refractivity contribution in [3.8, 4) is 0 Å². The van der Waals surface area contributed by atoms with Gasteiger partial charge in [0.05, 0.1) is 0 Å². The molecule has 0 N–H and O–H groups in total. The van der Waals surface area contributed by atoms with Crippen molar-refractivity contribution in [2.75, 3.05) is 0 Å². The zero-order valence-corrected chi connectivity index (χ0v) is 9.48. The van der Waals surface area contributed by atoms with Crippen molar-refractivity contribution in [3.05, 3.63) is 0 Å². The Morgan fingerprint density at radius 2 is 1.25 bits per heavy atom. The Morgan fingerprint density at radius 1 is 1.25 bits per heavy atom. The summed E-state index contributed by atoms with van der Waals surface area (Å²) in [6.07, 6.45) is 0. The van der Waals surface area contributed by atoms with Gasteiger partial charge in [0.1, 0.15) is 6.79 Å². The molecule has 0 bridgehead atoms. The molecule has 0 saturated carbocycles. The van der Waals surface area contributed by atoms with E-state index in [1.165, 1.54) is 0 Å². The normalized spacial score (nSPS) is 1.00. The molecule has 4 heavy (non-hydrogen) atoms. The molecule has 0 aliphatic rings. The SMILES string of the molecule is C=O.[H-].[H-].[H-].[H-].[Sr+2].[Sr+2]. The number of carbonyl (C=O) groups excluding carboxylic acids is 1. The Labute approximate surface area is 106 Å². The van der Waals surface area contributed by atoms with Gasteiger partial charge in [-0.05, 0) is 0 Å². The number of hydrogen-bond donors (Lipinski definition) is 0. The minimum Gasteiger partial charge on any atom is -1.00 e. The quantitative estimate of drug-likeness (QED) is 0.492. The van der Waals surface area contributed by atoms with E-state index in [9.17, 15) is 0 Å². The van der Waals surface area contributed by atoms with Gasteiger partial charge in [0.15, 0.2) is 0 Å². The molecule has 0 spiro atoms. The van der Waals surface area contributed by atoms with Gasteiger partial charge < -0.3 is 10.5 Å². The first-order valence-corrected chi connectivity index (χ1v) is 0.289. The van der Waals surface area contributed by atoms with E-state index in [-0.39, 0.29) is 96.7 Å². The zero-order valence-electron chi connectivity index (χ0n) is 6.53. The van der Waals surface area contributed by atoms with Gasteiger partial charge in [-0.25, -0.2) is 0 Å². The molecule has 20 valence electrons. The van der Waals surface area contributed by atoms with Gasteiger partial charge >= 0.3 is 91.0 Å². The van der Waals surface area contributed by atoms with Crippen LogP contribution < -0.4 is 0 Å². The van der Waals surface area contributed by atoms with Crippen LogP contribution in [0.15, 0.2) is 0 Å². The minimum atomic E-state index is 0. The fraction of sp³-hybridized carbons (Fsp3) is 0. The summed E-state index contributed by atoms with van der Waals surface area (Å²) in [4.78, 5) is 8.00. The molecule has 1 nitrogen and oxygen atoms in total. The molecule has 0 aromatic carbocycles. The third-order valence-corrected chi connectivity index (χ3v) is 0. The number of hydrogen-bond acceptors (Lipinski definition) is 1. The first-order valence-electron chi connectivity index (χ1n) is 0.289. The van der Waals surface area contributed by atoms with Crippen molar-refractivity contribution in [1.82, 2.24) is 0 Å². The topological polar surface area (TPSA) is 17.1 Å². The Morgan fingerprint density at radius 3 is 1.25 bits per heavy atom. The molecule has 0 aromatic heterocycles. The van der Waals surface area contributed by atoms with Crippen molar-refractivity contribution in [1.29, 1.82) is 0 Å². The standard InChI is InChI=1S/CH2O.2Sr.4H/c1-2;;;;;;/h1H2;;;;;;/q;2*+2;4*-1. The van der Waals surface area contributed by atoms with Crippen molar-refractivity contribution in [2.24, 2.45) is 0 Å². The van der Waals surface area contributed by atoms with E-state index in [2.05, 4.69) is 0 Å². The Bertz CT molecular complexity index is 14.0. The average Bonchev–Trinajstić information content (AvgIpc) is 1.00. The van der Waals surface area contributed by atoms with E-state index < -0.39 is 0 Å². The van der Waals surface area contributed by atoms with Crippen molar-refractivity contribution in [2.45, 2.75) is 0 Å². The van der Waals surface area contributed by atoms with Crippen LogP contribution in [0.2, 0.25) is 0 Å². The minimum absolute atomic E-state index is 0. The first-order chi connectivity index (χ1) is 1.00. The third-order valence-electron chi connectivity index (χ3n) is 0.